The molecule has 100 valence electrons. The van der Waals surface area contributed by atoms with Crippen LogP contribution in [0.2, 0.25) is 0 Å². The first-order valence-electron chi connectivity index (χ1n) is 6.23. The number of hydrogen-bond donors (Lipinski definition) is 1. The summed E-state index contributed by atoms with van der Waals surface area (Å²) in [6, 6.07) is 6.99. The van der Waals surface area contributed by atoms with E-state index in [0.29, 0.717) is 18.0 Å². The van der Waals surface area contributed by atoms with Crippen molar-refractivity contribution < 1.29 is 8.42 Å². The molecule has 4 nitrogen and oxygen atoms in total. The van der Waals surface area contributed by atoms with E-state index in [9.17, 15) is 8.42 Å². The Morgan fingerprint density at radius 3 is 2.61 bits per heavy atom. The monoisotopic (exact) mass is 268 g/mol. The number of nitrogens with two attached hydrogens (primary N) is 1. The Morgan fingerprint density at radius 1 is 1.39 bits per heavy atom. The third kappa shape index (κ3) is 2.43. The van der Waals surface area contributed by atoms with Gasteiger partial charge < -0.3 is 5.73 Å². The average Bonchev–Trinajstić information content (AvgIpc) is 2.26. The van der Waals surface area contributed by atoms with Crippen LogP contribution in [0.3, 0.4) is 0 Å². The third-order valence-corrected chi connectivity index (χ3v) is 5.15. The Labute approximate surface area is 109 Å². The van der Waals surface area contributed by atoms with E-state index in [1.54, 1.807) is 18.2 Å². The molecular weight excluding hydrogens is 248 g/mol. The fourth-order valence-corrected chi connectivity index (χ4v) is 4.14. The Balaban J connectivity index is 2.15. The van der Waals surface area contributed by atoms with Crippen LogP contribution in [0.1, 0.15) is 25.3 Å². The van der Waals surface area contributed by atoms with Gasteiger partial charge in [0.2, 0.25) is 10.0 Å². The molecule has 1 saturated heterocycles. The van der Waals surface area contributed by atoms with Crippen molar-refractivity contribution in [3.8, 4) is 0 Å². The number of aryl methyl sites for hydroxylation is 1. The fourth-order valence-electron chi connectivity index (χ4n) is 2.41. The molecule has 5 heteroatoms. The van der Waals surface area contributed by atoms with Gasteiger partial charge in [-0.1, -0.05) is 25.5 Å². The molecule has 2 rings (SSSR count). The van der Waals surface area contributed by atoms with Crippen molar-refractivity contribution in [2.45, 2.75) is 37.1 Å². The molecule has 0 radical (unpaired) electrons. The van der Waals surface area contributed by atoms with Crippen molar-refractivity contribution in [3.63, 3.8) is 0 Å². The third-order valence-electron chi connectivity index (χ3n) is 3.36. The Kier molecular flexibility index (Phi) is 3.49. The van der Waals surface area contributed by atoms with Crippen molar-refractivity contribution in [3.05, 3.63) is 29.8 Å². The van der Waals surface area contributed by atoms with Crippen molar-refractivity contribution in [2.75, 3.05) is 13.1 Å². The van der Waals surface area contributed by atoms with E-state index in [4.69, 9.17) is 5.73 Å². The molecule has 0 spiro atoms. The zero-order chi connectivity index (χ0) is 13.4. The molecular formula is C13H20N2O2S. The van der Waals surface area contributed by atoms with Crippen LogP contribution in [0.15, 0.2) is 29.2 Å². The normalized spacial score (nSPS) is 19.5. The molecule has 1 aliphatic heterocycles. The summed E-state index contributed by atoms with van der Waals surface area (Å²) in [6.07, 6.45) is 1.85. The number of nitrogens with zero attached hydrogens (tertiary/aromatic N) is 1. The molecule has 1 aliphatic rings. The van der Waals surface area contributed by atoms with Crippen LogP contribution in [-0.2, 0) is 10.0 Å². The predicted octanol–water partition coefficient (Wildman–Crippen LogP) is 1.50. The van der Waals surface area contributed by atoms with Crippen molar-refractivity contribution in [2.24, 2.45) is 5.73 Å². The van der Waals surface area contributed by atoms with E-state index in [2.05, 4.69) is 6.92 Å². The topological polar surface area (TPSA) is 63.4 Å². The Morgan fingerprint density at radius 2 is 2.06 bits per heavy atom. The van der Waals surface area contributed by atoms with Crippen molar-refractivity contribution >= 4 is 10.0 Å². The second kappa shape index (κ2) is 4.64. The van der Waals surface area contributed by atoms with E-state index < -0.39 is 10.0 Å². The average molecular weight is 268 g/mol. The van der Waals surface area contributed by atoms with Gasteiger partial charge in [0.05, 0.1) is 4.90 Å². The van der Waals surface area contributed by atoms with Crippen LogP contribution >= 0.6 is 0 Å². The lowest BCUT2D eigenvalue weighted by molar-refractivity contribution is 0.147. The summed E-state index contributed by atoms with van der Waals surface area (Å²) >= 11 is 0. The summed E-state index contributed by atoms with van der Waals surface area (Å²) in [5.41, 5.74) is 6.72. The molecule has 18 heavy (non-hydrogen) atoms. The van der Waals surface area contributed by atoms with Gasteiger partial charge in [0.25, 0.3) is 0 Å². The fraction of sp³-hybridized carbons (Fsp3) is 0.538. The number of hydrogen-bond acceptors (Lipinski definition) is 3. The highest BCUT2D eigenvalue weighted by Crippen LogP contribution is 2.29. The highest BCUT2D eigenvalue weighted by Gasteiger charge is 2.44. The molecule has 0 bridgehead atoms. The highest BCUT2D eigenvalue weighted by molar-refractivity contribution is 7.89. The van der Waals surface area contributed by atoms with E-state index in [1.165, 1.54) is 4.31 Å². The van der Waals surface area contributed by atoms with Crippen LogP contribution in [0, 0.1) is 6.92 Å². The van der Waals surface area contributed by atoms with Crippen LogP contribution in [-0.4, -0.2) is 31.4 Å². The molecule has 1 fully saturated rings. The Bertz CT molecular complexity index is 534. The maximum atomic E-state index is 12.3. The van der Waals surface area contributed by atoms with Crippen LogP contribution in [0.5, 0.6) is 0 Å². The van der Waals surface area contributed by atoms with Gasteiger partial charge in [0, 0.05) is 18.6 Å². The maximum Gasteiger partial charge on any atom is 0.243 e. The van der Waals surface area contributed by atoms with Gasteiger partial charge >= 0.3 is 0 Å². The second-order valence-corrected chi connectivity index (χ2v) is 7.14. The molecule has 0 unspecified atom stereocenters. The summed E-state index contributed by atoms with van der Waals surface area (Å²) in [6.45, 7) is 4.81. The molecule has 0 amide bonds. The molecule has 1 aromatic rings. The molecule has 0 aliphatic carbocycles. The van der Waals surface area contributed by atoms with Crippen LogP contribution in [0.25, 0.3) is 0 Å². The quantitative estimate of drug-likeness (QED) is 0.900. The first kappa shape index (κ1) is 13.5. The summed E-state index contributed by atoms with van der Waals surface area (Å²) < 4.78 is 26.1. The van der Waals surface area contributed by atoms with Gasteiger partial charge in [-0.05, 0) is 31.0 Å². The summed E-state index contributed by atoms with van der Waals surface area (Å²) in [7, 11) is -3.36. The molecule has 2 N–H and O–H groups in total. The second-order valence-electron chi connectivity index (χ2n) is 5.20. The Hall–Kier alpha value is -0.910. The molecule has 0 saturated carbocycles. The minimum atomic E-state index is -3.36. The van der Waals surface area contributed by atoms with Gasteiger partial charge in [-0.25, -0.2) is 8.42 Å². The standard InChI is InChI=1S/C13H20N2O2S/c1-3-7-13(14)9-15(10-13)18(16,17)12-6-4-5-11(2)8-12/h4-6,8H,3,7,9-10,14H2,1-2H3. The smallest absolute Gasteiger partial charge is 0.243 e. The number of benzene rings is 1. The zero-order valence-electron chi connectivity index (χ0n) is 10.9. The van der Waals surface area contributed by atoms with E-state index in [0.717, 1.165) is 18.4 Å². The largest absolute Gasteiger partial charge is 0.323 e. The van der Waals surface area contributed by atoms with Gasteiger partial charge in [-0.3, -0.25) is 0 Å². The number of sulfonamides is 1. The van der Waals surface area contributed by atoms with Gasteiger partial charge in [0.15, 0.2) is 0 Å². The van der Waals surface area contributed by atoms with E-state index in [1.807, 2.05) is 13.0 Å². The predicted molar refractivity (Wildman–Crippen MR) is 71.8 cm³/mol. The molecule has 1 aromatic carbocycles. The highest BCUT2D eigenvalue weighted by atomic mass is 32.2. The molecule has 0 aromatic heterocycles. The van der Waals surface area contributed by atoms with Gasteiger partial charge in [0.1, 0.15) is 0 Å². The van der Waals surface area contributed by atoms with E-state index in [-0.39, 0.29) is 5.54 Å². The maximum absolute atomic E-state index is 12.3. The zero-order valence-corrected chi connectivity index (χ0v) is 11.7. The molecule has 1 heterocycles. The minimum absolute atomic E-state index is 0.328. The lowest BCUT2D eigenvalue weighted by Gasteiger charge is -2.46. The summed E-state index contributed by atoms with van der Waals surface area (Å²) in [5, 5.41) is 0. The summed E-state index contributed by atoms with van der Waals surface area (Å²) in [5.74, 6) is 0. The summed E-state index contributed by atoms with van der Waals surface area (Å²) in [4.78, 5) is 0.362. The minimum Gasteiger partial charge on any atom is -0.323 e. The van der Waals surface area contributed by atoms with Crippen LogP contribution < -0.4 is 5.73 Å². The first-order valence-corrected chi connectivity index (χ1v) is 7.67. The van der Waals surface area contributed by atoms with Gasteiger partial charge in [-0.15, -0.1) is 0 Å². The first-order chi connectivity index (χ1) is 8.37. The lowest BCUT2D eigenvalue weighted by Crippen LogP contribution is -2.68. The van der Waals surface area contributed by atoms with E-state index >= 15 is 0 Å². The van der Waals surface area contributed by atoms with Gasteiger partial charge in [-0.2, -0.15) is 4.31 Å². The van der Waals surface area contributed by atoms with Crippen molar-refractivity contribution in [1.82, 2.24) is 4.31 Å². The lowest BCUT2D eigenvalue weighted by atomic mass is 9.89. The van der Waals surface area contributed by atoms with Crippen LogP contribution in [0.4, 0.5) is 0 Å². The molecule has 0 atom stereocenters. The number of rotatable bonds is 4. The van der Waals surface area contributed by atoms with Crippen molar-refractivity contribution in [1.29, 1.82) is 0 Å². The SMILES string of the molecule is CCCC1(N)CN(S(=O)(=O)c2cccc(C)c2)C1.